The van der Waals surface area contributed by atoms with Gasteiger partial charge in [0.25, 0.3) is 0 Å². The quantitative estimate of drug-likeness (QED) is 0.150. The topological polar surface area (TPSA) is 125 Å². The number of aliphatic hydroxyl groups is 1. The van der Waals surface area contributed by atoms with Crippen LogP contribution in [-0.2, 0) is 28.7 Å². The van der Waals surface area contributed by atoms with Gasteiger partial charge < -0.3 is 29.7 Å². The number of amides is 3. The van der Waals surface area contributed by atoms with Gasteiger partial charge in [0.05, 0.1) is 24.5 Å². The molecule has 10 heteroatoms. The lowest BCUT2D eigenvalue weighted by Crippen LogP contribution is -2.56. The predicted molar refractivity (Wildman–Crippen MR) is 150 cm³/mol. The summed E-state index contributed by atoms with van der Waals surface area (Å²) in [4.78, 5) is 56.8. The monoisotopic (exact) mass is 561 g/mol. The van der Waals surface area contributed by atoms with Crippen LogP contribution in [0.25, 0.3) is 0 Å². The number of aliphatic hydroxyl groups excluding tert-OH is 1. The lowest BCUT2D eigenvalue weighted by Gasteiger charge is -2.36. The van der Waals surface area contributed by atoms with Crippen LogP contribution in [0.15, 0.2) is 25.3 Å². The van der Waals surface area contributed by atoms with Crippen molar-refractivity contribution in [1.82, 2.24) is 15.1 Å². The Bertz CT molecular complexity index is 940. The number of nitrogens with one attached hydrogen (secondary N) is 1. The van der Waals surface area contributed by atoms with E-state index in [0.717, 1.165) is 19.3 Å². The third-order valence-electron chi connectivity index (χ3n) is 8.29. The second-order valence-electron chi connectivity index (χ2n) is 11.2. The lowest BCUT2D eigenvalue weighted by molar-refractivity contribution is -0.159. The molecular formula is C30H47N3O7. The number of unbranched alkanes of at least 4 members (excludes halogenated alkanes) is 3. The number of carbonyl (C=O) groups excluding carboxylic acids is 4. The number of hydrogen-bond acceptors (Lipinski definition) is 7. The first-order valence-electron chi connectivity index (χ1n) is 14.8. The van der Waals surface area contributed by atoms with Crippen molar-refractivity contribution in [3.8, 4) is 0 Å². The normalized spacial score (nSPS) is 27.3. The van der Waals surface area contributed by atoms with E-state index in [1.165, 1.54) is 0 Å². The molecule has 3 heterocycles. The zero-order valence-corrected chi connectivity index (χ0v) is 24.1. The summed E-state index contributed by atoms with van der Waals surface area (Å²) in [6, 6.07) is -0.838. The van der Waals surface area contributed by atoms with Crippen LogP contribution in [0.4, 0.5) is 0 Å². The summed E-state index contributed by atoms with van der Waals surface area (Å²) in [6.45, 7) is 12.6. The smallest absolute Gasteiger partial charge is 0.312 e. The maximum atomic E-state index is 14.1. The minimum absolute atomic E-state index is 0.00956. The van der Waals surface area contributed by atoms with Crippen molar-refractivity contribution in [3.63, 3.8) is 0 Å². The van der Waals surface area contributed by atoms with Crippen molar-refractivity contribution < 1.29 is 33.8 Å². The molecule has 3 aliphatic heterocycles. The molecule has 0 radical (unpaired) electrons. The van der Waals surface area contributed by atoms with Crippen LogP contribution in [0, 0.1) is 11.8 Å². The van der Waals surface area contributed by atoms with E-state index < -0.39 is 41.7 Å². The molecule has 3 fully saturated rings. The highest BCUT2D eigenvalue weighted by atomic mass is 16.6. The maximum absolute atomic E-state index is 14.1. The Hall–Kier alpha value is -2.72. The highest BCUT2D eigenvalue weighted by Gasteiger charge is 2.75. The minimum atomic E-state index is -1.09. The molecular weight excluding hydrogens is 514 g/mol. The molecule has 3 aliphatic rings. The van der Waals surface area contributed by atoms with E-state index in [0.29, 0.717) is 58.2 Å². The number of ether oxygens (including phenoxy) is 2. The zero-order valence-electron chi connectivity index (χ0n) is 24.1. The van der Waals surface area contributed by atoms with E-state index in [1.54, 1.807) is 28.9 Å². The van der Waals surface area contributed by atoms with Crippen LogP contribution >= 0.6 is 0 Å². The number of esters is 1. The standard InChI is InChI=1S/C30H47N3O7/c1-5-8-10-17-32(16-7-3)28(37)26-30-15-14-22(40-30)24(25(30)27(36)33(26)18-11-12-19-34)29(38)39-21(4)20-31-23(35)13-9-6-2/h6-7,21-22,24-26,34H,2-3,5,8-20H2,1,4H3,(H,31,35)/t21-,22-,24+,25+,26-,30+/m1/s1. The minimum Gasteiger partial charge on any atom is -0.460 e. The summed E-state index contributed by atoms with van der Waals surface area (Å²) in [5.41, 5.74) is -1.09. The Labute approximate surface area is 238 Å². The van der Waals surface area contributed by atoms with Gasteiger partial charge in [-0.2, -0.15) is 0 Å². The van der Waals surface area contributed by atoms with Crippen molar-refractivity contribution in [1.29, 1.82) is 0 Å². The lowest BCUT2D eigenvalue weighted by atomic mass is 9.70. The van der Waals surface area contributed by atoms with Gasteiger partial charge in [-0.05, 0) is 45.4 Å². The van der Waals surface area contributed by atoms with E-state index in [4.69, 9.17) is 9.47 Å². The molecule has 224 valence electrons. The Balaban J connectivity index is 1.81. The van der Waals surface area contributed by atoms with Gasteiger partial charge in [0.2, 0.25) is 17.7 Å². The molecule has 40 heavy (non-hydrogen) atoms. The van der Waals surface area contributed by atoms with Crippen molar-refractivity contribution in [2.45, 2.75) is 95.5 Å². The van der Waals surface area contributed by atoms with Crippen molar-refractivity contribution >= 4 is 23.7 Å². The van der Waals surface area contributed by atoms with Crippen LogP contribution in [-0.4, -0.2) is 95.2 Å². The molecule has 0 saturated carbocycles. The molecule has 1 spiro atoms. The number of nitrogens with zero attached hydrogens (tertiary/aromatic N) is 2. The zero-order chi connectivity index (χ0) is 29.3. The van der Waals surface area contributed by atoms with E-state index in [-0.39, 0.29) is 30.9 Å². The number of fused-ring (bicyclic) bond motifs is 1. The van der Waals surface area contributed by atoms with Crippen molar-refractivity contribution in [2.75, 3.05) is 32.8 Å². The van der Waals surface area contributed by atoms with Gasteiger partial charge in [0, 0.05) is 32.7 Å². The van der Waals surface area contributed by atoms with Gasteiger partial charge in [-0.1, -0.05) is 31.9 Å². The second-order valence-corrected chi connectivity index (χ2v) is 11.2. The second kappa shape index (κ2) is 14.8. The first-order chi connectivity index (χ1) is 19.2. The Morgan fingerprint density at radius 1 is 1.25 bits per heavy atom. The van der Waals surface area contributed by atoms with Gasteiger partial charge in [0.1, 0.15) is 17.7 Å². The van der Waals surface area contributed by atoms with Crippen LogP contribution < -0.4 is 5.32 Å². The molecule has 2 bridgehead atoms. The number of rotatable bonds is 18. The van der Waals surface area contributed by atoms with Crippen molar-refractivity contribution in [3.05, 3.63) is 25.3 Å². The number of allylic oxidation sites excluding steroid dienone is 1. The van der Waals surface area contributed by atoms with Gasteiger partial charge in [-0.15, -0.1) is 13.2 Å². The average Bonchev–Trinajstić information content (AvgIpc) is 3.57. The highest BCUT2D eigenvalue weighted by Crippen LogP contribution is 2.58. The first-order valence-corrected chi connectivity index (χ1v) is 14.8. The Kier molecular flexibility index (Phi) is 11.7. The van der Waals surface area contributed by atoms with E-state index in [9.17, 15) is 24.3 Å². The molecule has 3 amide bonds. The van der Waals surface area contributed by atoms with E-state index in [2.05, 4.69) is 25.4 Å². The molecule has 6 atom stereocenters. The number of carbonyl (C=O) groups is 4. The highest BCUT2D eigenvalue weighted by molar-refractivity contribution is 5.98. The predicted octanol–water partition coefficient (Wildman–Crippen LogP) is 2.35. The fourth-order valence-electron chi connectivity index (χ4n) is 6.41. The molecule has 2 N–H and O–H groups in total. The Morgan fingerprint density at radius 3 is 2.70 bits per heavy atom. The molecule has 10 nitrogen and oxygen atoms in total. The molecule has 0 aromatic rings. The Morgan fingerprint density at radius 2 is 2.02 bits per heavy atom. The summed E-state index contributed by atoms with van der Waals surface area (Å²) in [7, 11) is 0. The molecule has 0 aliphatic carbocycles. The van der Waals surface area contributed by atoms with Crippen LogP contribution in [0.1, 0.15) is 71.6 Å². The summed E-state index contributed by atoms with van der Waals surface area (Å²) in [5, 5.41) is 12.1. The molecule has 3 saturated heterocycles. The summed E-state index contributed by atoms with van der Waals surface area (Å²) >= 11 is 0. The molecule has 3 rings (SSSR count). The summed E-state index contributed by atoms with van der Waals surface area (Å²) in [6.07, 6.45) is 8.08. The van der Waals surface area contributed by atoms with Crippen LogP contribution in [0.2, 0.25) is 0 Å². The van der Waals surface area contributed by atoms with Gasteiger partial charge >= 0.3 is 5.97 Å². The SMILES string of the molecule is C=CCCC(=O)NC[C@@H](C)OC(=O)[C@@H]1[C@H]2C(=O)N(CCCCO)[C@H](C(=O)N(CC=C)CCCCC)[C@]23CC[C@H]1O3. The summed E-state index contributed by atoms with van der Waals surface area (Å²) in [5.74, 6) is -2.76. The fourth-order valence-corrected chi connectivity index (χ4v) is 6.41. The molecule has 0 aromatic heterocycles. The van der Waals surface area contributed by atoms with Crippen LogP contribution in [0.3, 0.4) is 0 Å². The van der Waals surface area contributed by atoms with E-state index >= 15 is 0 Å². The third-order valence-corrected chi connectivity index (χ3v) is 8.29. The molecule has 0 aromatic carbocycles. The number of likely N-dealkylation sites (tertiary alicyclic amines) is 1. The third kappa shape index (κ3) is 6.77. The fraction of sp³-hybridized carbons (Fsp3) is 0.733. The first kappa shape index (κ1) is 31.8. The van der Waals surface area contributed by atoms with Gasteiger partial charge in [0.15, 0.2) is 0 Å². The number of hydrogen-bond donors (Lipinski definition) is 2. The van der Waals surface area contributed by atoms with Crippen LogP contribution in [0.5, 0.6) is 0 Å². The summed E-state index contributed by atoms with van der Waals surface area (Å²) < 4.78 is 12.2. The van der Waals surface area contributed by atoms with Gasteiger partial charge in [-0.25, -0.2) is 0 Å². The van der Waals surface area contributed by atoms with Gasteiger partial charge in [-0.3, -0.25) is 19.2 Å². The van der Waals surface area contributed by atoms with Crippen molar-refractivity contribution in [2.24, 2.45) is 11.8 Å². The average molecular weight is 562 g/mol. The van der Waals surface area contributed by atoms with E-state index in [1.807, 2.05) is 0 Å². The maximum Gasteiger partial charge on any atom is 0.312 e. The molecule has 0 unspecified atom stereocenters. The largest absolute Gasteiger partial charge is 0.460 e.